The quantitative estimate of drug-likeness (QED) is 0.563. The number of nitrogens with one attached hydrogen (secondary N) is 3. The molecule has 4 nitrogen and oxygen atoms in total. The lowest BCUT2D eigenvalue weighted by Crippen LogP contribution is -2.15. The maximum absolute atomic E-state index is 13.0. The van der Waals surface area contributed by atoms with Gasteiger partial charge >= 0.3 is 0 Å². The summed E-state index contributed by atoms with van der Waals surface area (Å²) in [5.41, 5.74) is 8.59. The van der Waals surface area contributed by atoms with E-state index in [1.807, 2.05) is 36.4 Å². The standard InChI is InChI=1S/C24H27N3O/c1-16-9-3-4-10-18(16)15-25-21-13-7-8-14-22(21)27-24(28)23-17(2)19-11-5-6-12-20(19)26-23/h3-4,7-10,13-14,25-26H,5-6,11-12,15H2,1-2H3,(H,27,28). The van der Waals surface area contributed by atoms with Crippen LogP contribution in [0.15, 0.2) is 48.5 Å². The van der Waals surface area contributed by atoms with Crippen LogP contribution >= 0.6 is 0 Å². The van der Waals surface area contributed by atoms with E-state index < -0.39 is 0 Å². The van der Waals surface area contributed by atoms with E-state index in [9.17, 15) is 4.79 Å². The molecule has 0 radical (unpaired) electrons. The molecule has 0 fully saturated rings. The van der Waals surface area contributed by atoms with E-state index >= 15 is 0 Å². The molecule has 2 aromatic carbocycles. The molecule has 1 heterocycles. The normalized spacial score (nSPS) is 13.1. The Balaban J connectivity index is 1.52. The monoisotopic (exact) mass is 373 g/mol. The molecule has 3 aromatic rings. The third kappa shape index (κ3) is 3.68. The Morgan fingerprint density at radius 2 is 1.68 bits per heavy atom. The molecule has 3 N–H and O–H groups in total. The van der Waals surface area contributed by atoms with Gasteiger partial charge in [0.2, 0.25) is 0 Å². The molecule has 0 atom stereocenters. The Morgan fingerprint density at radius 3 is 2.46 bits per heavy atom. The number of H-pyrrole nitrogens is 1. The molecule has 1 aliphatic carbocycles. The number of fused-ring (bicyclic) bond motifs is 1. The number of carbonyl (C=O) groups is 1. The number of aromatic nitrogens is 1. The molecule has 0 unspecified atom stereocenters. The van der Waals surface area contributed by atoms with Gasteiger partial charge in [-0.3, -0.25) is 4.79 Å². The largest absolute Gasteiger partial charge is 0.379 e. The minimum absolute atomic E-state index is 0.0722. The molecular weight excluding hydrogens is 346 g/mol. The van der Waals surface area contributed by atoms with Crippen LogP contribution in [0.25, 0.3) is 0 Å². The van der Waals surface area contributed by atoms with Gasteiger partial charge in [0.25, 0.3) is 5.91 Å². The van der Waals surface area contributed by atoms with Crippen LogP contribution in [0.1, 0.15) is 51.3 Å². The van der Waals surface area contributed by atoms with Crippen LogP contribution in [-0.4, -0.2) is 10.9 Å². The second-order valence-corrected chi connectivity index (χ2v) is 7.57. The number of aryl methyl sites for hydroxylation is 2. The van der Waals surface area contributed by atoms with Crippen molar-refractivity contribution in [3.63, 3.8) is 0 Å². The molecule has 28 heavy (non-hydrogen) atoms. The average molecular weight is 374 g/mol. The molecule has 0 saturated heterocycles. The number of hydrogen-bond acceptors (Lipinski definition) is 2. The molecule has 0 bridgehead atoms. The molecule has 4 heteroatoms. The zero-order valence-electron chi connectivity index (χ0n) is 16.6. The first-order chi connectivity index (χ1) is 13.6. The highest BCUT2D eigenvalue weighted by Crippen LogP contribution is 2.28. The van der Waals surface area contributed by atoms with Gasteiger partial charge in [0.15, 0.2) is 0 Å². The fourth-order valence-corrected chi connectivity index (χ4v) is 4.01. The van der Waals surface area contributed by atoms with Crippen molar-refractivity contribution in [2.75, 3.05) is 10.6 Å². The van der Waals surface area contributed by atoms with E-state index in [1.54, 1.807) is 0 Å². The molecule has 1 aromatic heterocycles. The van der Waals surface area contributed by atoms with E-state index in [2.05, 4.69) is 41.6 Å². The number of benzene rings is 2. The molecule has 0 spiro atoms. The highest BCUT2D eigenvalue weighted by Gasteiger charge is 2.21. The first kappa shape index (κ1) is 18.4. The van der Waals surface area contributed by atoms with Gasteiger partial charge < -0.3 is 15.6 Å². The first-order valence-electron chi connectivity index (χ1n) is 10.0. The minimum atomic E-state index is -0.0722. The maximum atomic E-state index is 13.0. The van der Waals surface area contributed by atoms with E-state index in [0.29, 0.717) is 5.69 Å². The number of aromatic amines is 1. The van der Waals surface area contributed by atoms with Crippen molar-refractivity contribution in [3.05, 3.63) is 82.2 Å². The maximum Gasteiger partial charge on any atom is 0.272 e. The number of carbonyl (C=O) groups excluding carboxylic acids is 1. The van der Waals surface area contributed by atoms with Crippen LogP contribution in [0.2, 0.25) is 0 Å². The van der Waals surface area contributed by atoms with Crippen molar-refractivity contribution >= 4 is 17.3 Å². The van der Waals surface area contributed by atoms with Gasteiger partial charge in [0.05, 0.1) is 11.4 Å². The molecular formula is C24H27N3O. The lowest BCUT2D eigenvalue weighted by atomic mass is 9.95. The Hall–Kier alpha value is -3.01. The summed E-state index contributed by atoms with van der Waals surface area (Å²) >= 11 is 0. The van der Waals surface area contributed by atoms with Crippen LogP contribution in [0.4, 0.5) is 11.4 Å². The van der Waals surface area contributed by atoms with Crippen molar-refractivity contribution in [1.82, 2.24) is 4.98 Å². The van der Waals surface area contributed by atoms with Crippen LogP contribution < -0.4 is 10.6 Å². The zero-order chi connectivity index (χ0) is 19.5. The number of anilines is 2. The molecule has 4 rings (SSSR count). The first-order valence-corrected chi connectivity index (χ1v) is 10.0. The van der Waals surface area contributed by atoms with Gasteiger partial charge in [-0.2, -0.15) is 0 Å². The Kier molecular flexibility index (Phi) is 5.20. The van der Waals surface area contributed by atoms with Crippen LogP contribution in [0, 0.1) is 13.8 Å². The zero-order valence-corrected chi connectivity index (χ0v) is 16.6. The third-order valence-electron chi connectivity index (χ3n) is 5.70. The van der Waals surface area contributed by atoms with Gasteiger partial charge in [-0.25, -0.2) is 0 Å². The van der Waals surface area contributed by atoms with E-state index in [-0.39, 0.29) is 5.91 Å². The molecule has 144 valence electrons. The van der Waals surface area contributed by atoms with Crippen molar-refractivity contribution in [3.8, 4) is 0 Å². The fourth-order valence-electron chi connectivity index (χ4n) is 4.01. The molecule has 1 amide bonds. The van der Waals surface area contributed by atoms with E-state index in [4.69, 9.17) is 0 Å². The summed E-state index contributed by atoms with van der Waals surface area (Å²) in [6, 6.07) is 16.2. The molecule has 0 aliphatic heterocycles. The van der Waals surface area contributed by atoms with Crippen molar-refractivity contribution in [2.24, 2.45) is 0 Å². The van der Waals surface area contributed by atoms with Crippen molar-refractivity contribution < 1.29 is 4.79 Å². The summed E-state index contributed by atoms with van der Waals surface area (Å²) in [5, 5.41) is 6.56. The van der Waals surface area contributed by atoms with Crippen LogP contribution in [-0.2, 0) is 19.4 Å². The summed E-state index contributed by atoms with van der Waals surface area (Å²) in [5.74, 6) is -0.0722. The minimum Gasteiger partial charge on any atom is -0.379 e. The van der Waals surface area contributed by atoms with Gasteiger partial charge in [0.1, 0.15) is 5.69 Å². The summed E-state index contributed by atoms with van der Waals surface area (Å²) in [6.07, 6.45) is 4.51. The average Bonchev–Trinajstić information content (AvgIpc) is 3.05. The smallest absolute Gasteiger partial charge is 0.272 e. The summed E-state index contributed by atoms with van der Waals surface area (Å²) in [6.45, 7) is 4.88. The summed E-state index contributed by atoms with van der Waals surface area (Å²) in [7, 11) is 0. The van der Waals surface area contributed by atoms with Crippen molar-refractivity contribution in [1.29, 1.82) is 0 Å². The predicted molar refractivity (Wildman–Crippen MR) is 115 cm³/mol. The topological polar surface area (TPSA) is 56.9 Å². The van der Waals surface area contributed by atoms with Crippen LogP contribution in [0.3, 0.4) is 0 Å². The van der Waals surface area contributed by atoms with Gasteiger partial charge in [-0.15, -0.1) is 0 Å². The summed E-state index contributed by atoms with van der Waals surface area (Å²) < 4.78 is 0. The van der Waals surface area contributed by atoms with Crippen LogP contribution in [0.5, 0.6) is 0 Å². The SMILES string of the molecule is Cc1ccccc1CNc1ccccc1NC(=O)c1[nH]c2c(c1C)CCCC2. The Bertz CT molecular complexity index is 1000. The van der Waals surface area contributed by atoms with Crippen molar-refractivity contribution in [2.45, 2.75) is 46.1 Å². The molecule has 0 saturated carbocycles. The Morgan fingerprint density at radius 1 is 0.964 bits per heavy atom. The van der Waals surface area contributed by atoms with E-state index in [0.717, 1.165) is 36.3 Å². The molecule has 1 aliphatic rings. The van der Waals surface area contributed by atoms with E-state index in [1.165, 1.54) is 35.2 Å². The number of para-hydroxylation sites is 2. The lowest BCUT2D eigenvalue weighted by Gasteiger charge is -2.14. The number of amides is 1. The summed E-state index contributed by atoms with van der Waals surface area (Å²) in [4.78, 5) is 16.3. The van der Waals surface area contributed by atoms with Gasteiger partial charge in [0, 0.05) is 12.2 Å². The number of hydrogen-bond donors (Lipinski definition) is 3. The number of rotatable bonds is 5. The second-order valence-electron chi connectivity index (χ2n) is 7.57. The fraction of sp³-hybridized carbons (Fsp3) is 0.292. The van der Waals surface area contributed by atoms with Gasteiger partial charge in [-0.05, 0) is 73.9 Å². The lowest BCUT2D eigenvalue weighted by molar-refractivity contribution is 0.102. The Labute approximate surface area is 166 Å². The third-order valence-corrected chi connectivity index (χ3v) is 5.70. The second kappa shape index (κ2) is 7.93. The highest BCUT2D eigenvalue weighted by atomic mass is 16.1. The highest BCUT2D eigenvalue weighted by molar-refractivity contribution is 6.06. The predicted octanol–water partition coefficient (Wildman–Crippen LogP) is 5.37. The van der Waals surface area contributed by atoms with Gasteiger partial charge in [-0.1, -0.05) is 36.4 Å².